The van der Waals surface area contributed by atoms with Crippen LogP contribution in [0.3, 0.4) is 0 Å². The largest absolute Gasteiger partial charge is 0.396 e. The molecule has 1 aromatic rings. The molecule has 0 fully saturated rings. The second-order valence-electron chi connectivity index (χ2n) is 5.41. The number of thioether (sulfide) groups is 1. The van der Waals surface area contributed by atoms with Crippen molar-refractivity contribution in [2.24, 2.45) is 0 Å². The lowest BCUT2D eigenvalue weighted by molar-refractivity contribution is -0.119. The monoisotopic (exact) mass is 293 g/mol. The van der Waals surface area contributed by atoms with Gasteiger partial charge in [-0.25, -0.2) is 0 Å². The summed E-state index contributed by atoms with van der Waals surface area (Å²) >= 11 is 1.60. The molecule has 0 heterocycles. The number of aryl methyl sites for hydroxylation is 2. The van der Waals surface area contributed by atoms with Crippen molar-refractivity contribution < 1.29 is 9.90 Å². The lowest BCUT2D eigenvalue weighted by Crippen LogP contribution is -2.33. The third-order valence-electron chi connectivity index (χ3n) is 3.64. The highest BCUT2D eigenvalue weighted by Gasteiger charge is 2.12. The van der Waals surface area contributed by atoms with Gasteiger partial charge in [-0.1, -0.05) is 6.07 Å². The van der Waals surface area contributed by atoms with E-state index in [4.69, 9.17) is 5.11 Å². The number of aliphatic hydroxyl groups is 1. The fourth-order valence-electron chi connectivity index (χ4n) is 2.57. The van der Waals surface area contributed by atoms with Crippen molar-refractivity contribution in [2.45, 2.75) is 50.0 Å². The molecule has 0 aromatic heterocycles. The highest BCUT2D eigenvalue weighted by molar-refractivity contribution is 8.00. The molecular formula is C16H23NO2S. The predicted molar refractivity (Wildman–Crippen MR) is 83.1 cm³/mol. The van der Waals surface area contributed by atoms with E-state index < -0.39 is 0 Å². The standard InChI is InChI=1S/C16H23NO2S/c1-12(4-3-9-18)17-16(19)11-20-15-8-7-13-5-2-6-14(13)10-15/h7-8,10,12,18H,2-6,9,11H2,1H3,(H,17,19). The average Bonchev–Trinajstić information content (AvgIpc) is 2.90. The molecule has 1 aliphatic rings. The van der Waals surface area contributed by atoms with Gasteiger partial charge in [0.05, 0.1) is 5.75 Å². The maximum atomic E-state index is 11.8. The first-order valence-corrected chi connectivity index (χ1v) is 8.32. The molecule has 0 saturated heterocycles. The second kappa shape index (κ2) is 7.70. The Bertz CT molecular complexity index is 462. The average molecular weight is 293 g/mol. The van der Waals surface area contributed by atoms with Crippen molar-refractivity contribution in [3.8, 4) is 0 Å². The van der Waals surface area contributed by atoms with Gasteiger partial charge in [0.15, 0.2) is 0 Å². The van der Waals surface area contributed by atoms with Gasteiger partial charge >= 0.3 is 0 Å². The molecule has 0 saturated carbocycles. The fourth-order valence-corrected chi connectivity index (χ4v) is 3.34. The first-order chi connectivity index (χ1) is 9.69. The van der Waals surface area contributed by atoms with Gasteiger partial charge in [0.25, 0.3) is 0 Å². The number of fused-ring (bicyclic) bond motifs is 1. The minimum Gasteiger partial charge on any atom is -0.396 e. The van der Waals surface area contributed by atoms with E-state index >= 15 is 0 Å². The van der Waals surface area contributed by atoms with Gasteiger partial charge in [0.1, 0.15) is 0 Å². The van der Waals surface area contributed by atoms with E-state index in [1.54, 1.807) is 11.8 Å². The summed E-state index contributed by atoms with van der Waals surface area (Å²) in [4.78, 5) is 13.0. The number of rotatable bonds is 7. The Balaban J connectivity index is 1.76. The van der Waals surface area contributed by atoms with Crippen LogP contribution in [0.5, 0.6) is 0 Å². The van der Waals surface area contributed by atoms with E-state index in [-0.39, 0.29) is 18.6 Å². The van der Waals surface area contributed by atoms with Crippen molar-refractivity contribution in [3.63, 3.8) is 0 Å². The second-order valence-corrected chi connectivity index (χ2v) is 6.46. The molecule has 110 valence electrons. The Morgan fingerprint density at radius 2 is 2.20 bits per heavy atom. The first kappa shape index (κ1) is 15.4. The summed E-state index contributed by atoms with van der Waals surface area (Å²) in [6.45, 7) is 2.16. The van der Waals surface area contributed by atoms with E-state index in [0.29, 0.717) is 5.75 Å². The Morgan fingerprint density at radius 3 is 3.00 bits per heavy atom. The van der Waals surface area contributed by atoms with Gasteiger partial charge in [0.2, 0.25) is 5.91 Å². The number of nitrogens with one attached hydrogen (secondary N) is 1. The molecule has 0 bridgehead atoms. The summed E-state index contributed by atoms with van der Waals surface area (Å²) < 4.78 is 0. The fraction of sp³-hybridized carbons (Fsp3) is 0.562. The normalized spacial score (nSPS) is 14.9. The Labute approximate surface area is 125 Å². The molecule has 0 radical (unpaired) electrons. The van der Waals surface area contributed by atoms with Crippen molar-refractivity contribution in [3.05, 3.63) is 29.3 Å². The summed E-state index contributed by atoms with van der Waals surface area (Å²) in [5.41, 5.74) is 2.92. The number of aliphatic hydroxyl groups excluding tert-OH is 1. The first-order valence-electron chi connectivity index (χ1n) is 7.34. The van der Waals surface area contributed by atoms with Crippen LogP contribution in [0.1, 0.15) is 37.3 Å². The molecule has 1 aromatic carbocycles. The molecule has 1 unspecified atom stereocenters. The van der Waals surface area contributed by atoms with Crippen LogP contribution in [-0.2, 0) is 17.6 Å². The van der Waals surface area contributed by atoms with E-state index in [1.807, 2.05) is 6.92 Å². The van der Waals surface area contributed by atoms with Gasteiger partial charge < -0.3 is 10.4 Å². The zero-order valence-corrected chi connectivity index (χ0v) is 12.8. The zero-order valence-electron chi connectivity index (χ0n) is 12.0. The topological polar surface area (TPSA) is 49.3 Å². The van der Waals surface area contributed by atoms with Crippen LogP contribution in [-0.4, -0.2) is 29.4 Å². The van der Waals surface area contributed by atoms with Gasteiger partial charge in [-0.3, -0.25) is 4.79 Å². The van der Waals surface area contributed by atoms with Gasteiger partial charge in [-0.05, 0) is 62.3 Å². The number of hydrogen-bond acceptors (Lipinski definition) is 3. The quantitative estimate of drug-likeness (QED) is 0.760. The third kappa shape index (κ3) is 4.53. The van der Waals surface area contributed by atoms with E-state index in [9.17, 15) is 4.79 Å². The molecule has 3 nitrogen and oxygen atoms in total. The van der Waals surface area contributed by atoms with Crippen LogP contribution in [0.4, 0.5) is 0 Å². The smallest absolute Gasteiger partial charge is 0.230 e. The Kier molecular flexibility index (Phi) is 5.92. The third-order valence-corrected chi connectivity index (χ3v) is 4.64. The van der Waals surface area contributed by atoms with Crippen LogP contribution < -0.4 is 5.32 Å². The zero-order chi connectivity index (χ0) is 14.4. The van der Waals surface area contributed by atoms with E-state index in [0.717, 1.165) is 12.8 Å². The molecule has 1 atom stereocenters. The lowest BCUT2D eigenvalue weighted by atomic mass is 10.1. The summed E-state index contributed by atoms with van der Waals surface area (Å²) in [6.07, 6.45) is 5.19. The molecule has 1 amide bonds. The Morgan fingerprint density at radius 1 is 1.40 bits per heavy atom. The minimum atomic E-state index is 0.0703. The van der Waals surface area contributed by atoms with E-state index in [1.165, 1.54) is 35.3 Å². The summed E-state index contributed by atoms with van der Waals surface area (Å²) in [7, 11) is 0. The maximum Gasteiger partial charge on any atom is 0.230 e. The summed E-state index contributed by atoms with van der Waals surface area (Å²) in [5, 5.41) is 11.7. The van der Waals surface area contributed by atoms with Crippen LogP contribution >= 0.6 is 11.8 Å². The number of amides is 1. The van der Waals surface area contributed by atoms with Crippen LogP contribution in [0.25, 0.3) is 0 Å². The van der Waals surface area contributed by atoms with Gasteiger partial charge in [0, 0.05) is 17.5 Å². The van der Waals surface area contributed by atoms with E-state index in [2.05, 4.69) is 23.5 Å². The lowest BCUT2D eigenvalue weighted by Gasteiger charge is -2.13. The molecule has 0 aliphatic heterocycles. The van der Waals surface area contributed by atoms with Gasteiger partial charge in [-0.15, -0.1) is 11.8 Å². The van der Waals surface area contributed by atoms with Crippen molar-refractivity contribution >= 4 is 17.7 Å². The molecule has 2 N–H and O–H groups in total. The molecular weight excluding hydrogens is 270 g/mol. The number of carbonyl (C=O) groups is 1. The molecule has 2 rings (SSSR count). The number of benzene rings is 1. The van der Waals surface area contributed by atoms with Crippen molar-refractivity contribution in [2.75, 3.05) is 12.4 Å². The van der Waals surface area contributed by atoms with Crippen molar-refractivity contribution in [1.82, 2.24) is 5.32 Å². The molecule has 20 heavy (non-hydrogen) atoms. The summed E-state index contributed by atoms with van der Waals surface area (Å²) in [6, 6.07) is 6.69. The molecule has 0 spiro atoms. The van der Waals surface area contributed by atoms with Gasteiger partial charge in [-0.2, -0.15) is 0 Å². The molecule has 1 aliphatic carbocycles. The predicted octanol–water partition coefficient (Wildman–Crippen LogP) is 2.54. The van der Waals surface area contributed by atoms with Crippen LogP contribution in [0.2, 0.25) is 0 Å². The Hall–Kier alpha value is -1.00. The van der Waals surface area contributed by atoms with Crippen molar-refractivity contribution in [1.29, 1.82) is 0 Å². The van der Waals surface area contributed by atoms with Crippen LogP contribution in [0.15, 0.2) is 23.1 Å². The summed E-state index contributed by atoms with van der Waals surface area (Å²) in [5.74, 6) is 0.531. The number of carbonyl (C=O) groups excluding carboxylic acids is 1. The molecule has 4 heteroatoms. The highest BCUT2D eigenvalue weighted by Crippen LogP contribution is 2.27. The highest BCUT2D eigenvalue weighted by atomic mass is 32.2. The number of hydrogen-bond donors (Lipinski definition) is 2. The SMILES string of the molecule is CC(CCCO)NC(=O)CSc1ccc2c(c1)CCC2. The minimum absolute atomic E-state index is 0.0703. The van der Waals surface area contributed by atoms with Crippen LogP contribution in [0, 0.1) is 0 Å². The maximum absolute atomic E-state index is 11.8.